The summed E-state index contributed by atoms with van der Waals surface area (Å²) < 4.78 is 2.65. The third kappa shape index (κ3) is 3.33. The molecule has 2 aromatic carbocycles. The van der Waals surface area contributed by atoms with Crippen LogP contribution in [0.25, 0.3) is 21.6 Å². The second-order valence-electron chi connectivity index (χ2n) is 9.02. The number of aliphatic hydroxyl groups is 1. The van der Waals surface area contributed by atoms with Gasteiger partial charge in [-0.05, 0) is 56.2 Å². The third-order valence-electron chi connectivity index (χ3n) is 6.50. The van der Waals surface area contributed by atoms with Gasteiger partial charge in [0.25, 0.3) is 5.78 Å². The molecule has 3 aromatic heterocycles. The van der Waals surface area contributed by atoms with Gasteiger partial charge in [0.05, 0.1) is 27.5 Å². The molecular weight excluding hydrogens is 472 g/mol. The van der Waals surface area contributed by atoms with Gasteiger partial charge in [0.1, 0.15) is 11.3 Å². The van der Waals surface area contributed by atoms with Crippen molar-refractivity contribution in [3.05, 3.63) is 101 Å². The lowest BCUT2D eigenvalue weighted by Gasteiger charge is -2.23. The molecule has 5 aromatic rings. The first kappa shape index (κ1) is 22.2. The molecule has 178 valence electrons. The maximum Gasteiger partial charge on any atom is 0.301 e. The number of thiazole rings is 1. The van der Waals surface area contributed by atoms with E-state index in [0.717, 1.165) is 21.3 Å². The molecule has 6 rings (SSSR count). The van der Waals surface area contributed by atoms with E-state index in [-0.39, 0.29) is 11.3 Å². The van der Waals surface area contributed by atoms with E-state index in [2.05, 4.69) is 9.97 Å². The highest BCUT2D eigenvalue weighted by molar-refractivity contribution is 7.22. The zero-order valence-electron chi connectivity index (χ0n) is 19.9. The maximum absolute atomic E-state index is 13.5. The number of aliphatic hydroxyl groups excluding tert-OH is 1. The van der Waals surface area contributed by atoms with Gasteiger partial charge in [0, 0.05) is 6.20 Å². The van der Waals surface area contributed by atoms with Crippen LogP contribution in [0, 0.1) is 20.8 Å². The second kappa shape index (κ2) is 8.13. The number of amides is 1. The summed E-state index contributed by atoms with van der Waals surface area (Å²) in [5.74, 6) is -1.72. The molecule has 1 fully saturated rings. The summed E-state index contributed by atoms with van der Waals surface area (Å²) in [5.41, 5.74) is 5.20. The molecule has 0 saturated carbocycles. The van der Waals surface area contributed by atoms with Gasteiger partial charge < -0.3 is 5.11 Å². The van der Waals surface area contributed by atoms with Gasteiger partial charge in [-0.15, -0.1) is 0 Å². The molecule has 1 aliphatic rings. The van der Waals surface area contributed by atoms with Gasteiger partial charge >= 0.3 is 5.91 Å². The summed E-state index contributed by atoms with van der Waals surface area (Å²) in [6.45, 7) is 5.74. The van der Waals surface area contributed by atoms with E-state index in [0.29, 0.717) is 27.7 Å². The number of carbonyl (C=O) groups is 2. The topological polar surface area (TPSA) is 87.8 Å². The molecule has 8 heteroatoms. The number of benzene rings is 2. The molecule has 4 heterocycles. The third-order valence-corrected chi connectivity index (χ3v) is 7.52. The van der Waals surface area contributed by atoms with Gasteiger partial charge in [-0.3, -0.25) is 18.9 Å². The number of aromatic nitrogens is 3. The van der Waals surface area contributed by atoms with Crippen LogP contribution in [0.2, 0.25) is 0 Å². The number of fused-ring (bicyclic) bond motifs is 2. The number of aryl methyl sites for hydroxylation is 3. The quantitative estimate of drug-likeness (QED) is 0.203. The second-order valence-corrected chi connectivity index (χ2v) is 10.0. The van der Waals surface area contributed by atoms with Crippen LogP contribution < -0.4 is 4.90 Å². The Labute approximate surface area is 211 Å². The lowest BCUT2D eigenvalue weighted by atomic mass is 9.96. The van der Waals surface area contributed by atoms with Crippen LogP contribution >= 0.6 is 11.3 Å². The minimum Gasteiger partial charge on any atom is -0.505 e. The normalized spacial score (nSPS) is 17.5. The number of hydrogen-bond acceptors (Lipinski definition) is 6. The van der Waals surface area contributed by atoms with Crippen LogP contribution in [0.4, 0.5) is 5.13 Å². The molecule has 1 N–H and O–H groups in total. The van der Waals surface area contributed by atoms with Crippen LogP contribution in [-0.2, 0) is 9.59 Å². The first-order valence-electron chi connectivity index (χ1n) is 11.5. The first-order chi connectivity index (χ1) is 17.3. The summed E-state index contributed by atoms with van der Waals surface area (Å²) in [4.78, 5) is 37.7. The fourth-order valence-electron chi connectivity index (χ4n) is 4.74. The van der Waals surface area contributed by atoms with Crippen molar-refractivity contribution in [2.75, 3.05) is 4.90 Å². The van der Waals surface area contributed by atoms with Gasteiger partial charge in [0.2, 0.25) is 0 Å². The Morgan fingerprint density at radius 3 is 2.47 bits per heavy atom. The molecule has 1 unspecified atom stereocenters. The molecule has 1 aliphatic heterocycles. The molecule has 1 amide bonds. The van der Waals surface area contributed by atoms with Crippen molar-refractivity contribution in [3.8, 4) is 0 Å². The fourth-order valence-corrected chi connectivity index (χ4v) is 5.83. The first-order valence-corrected chi connectivity index (χ1v) is 12.3. The minimum absolute atomic E-state index is 0.0213. The highest BCUT2D eigenvalue weighted by atomic mass is 32.1. The van der Waals surface area contributed by atoms with Crippen molar-refractivity contribution in [1.82, 2.24) is 14.4 Å². The number of ketones is 1. The Hall–Kier alpha value is -4.30. The smallest absolute Gasteiger partial charge is 0.301 e. The lowest BCUT2D eigenvalue weighted by molar-refractivity contribution is -0.132. The van der Waals surface area contributed by atoms with E-state index >= 15 is 0 Å². The number of pyridine rings is 1. The SMILES string of the molecule is Cc1ccc(C2C(=C(O)c3c(C)nc4ccccn34)C(=O)C(=O)N2c2nc3ccc(C)cc3s2)cc1. The number of anilines is 1. The van der Waals surface area contributed by atoms with Gasteiger partial charge in [0.15, 0.2) is 10.9 Å². The number of hydrogen-bond donors (Lipinski definition) is 1. The Morgan fingerprint density at radius 1 is 0.944 bits per heavy atom. The van der Waals surface area contributed by atoms with Crippen LogP contribution in [-0.4, -0.2) is 31.2 Å². The van der Waals surface area contributed by atoms with E-state index in [1.165, 1.54) is 16.2 Å². The van der Waals surface area contributed by atoms with E-state index < -0.39 is 17.7 Å². The Balaban J connectivity index is 1.61. The Bertz CT molecular complexity index is 1730. The Kier molecular flexibility index (Phi) is 5.01. The maximum atomic E-state index is 13.5. The van der Waals surface area contributed by atoms with Crippen molar-refractivity contribution in [3.63, 3.8) is 0 Å². The van der Waals surface area contributed by atoms with E-state index in [1.807, 2.05) is 74.5 Å². The molecular formula is C28H22N4O3S. The predicted molar refractivity (Wildman–Crippen MR) is 140 cm³/mol. The number of Topliss-reactive ketones (excluding diaryl/α,β-unsaturated/α-hetero) is 1. The van der Waals surface area contributed by atoms with Crippen LogP contribution in [0.1, 0.15) is 34.1 Å². The van der Waals surface area contributed by atoms with Crippen LogP contribution in [0.5, 0.6) is 0 Å². The van der Waals surface area contributed by atoms with Crippen molar-refractivity contribution in [2.45, 2.75) is 26.8 Å². The number of nitrogens with zero attached hydrogens (tertiary/aromatic N) is 4. The summed E-state index contributed by atoms with van der Waals surface area (Å²) in [5, 5.41) is 12.0. The predicted octanol–water partition coefficient (Wildman–Crippen LogP) is 5.50. The van der Waals surface area contributed by atoms with E-state index in [1.54, 1.807) is 17.5 Å². The minimum atomic E-state index is -0.832. The van der Waals surface area contributed by atoms with E-state index in [9.17, 15) is 14.7 Å². The van der Waals surface area contributed by atoms with Crippen molar-refractivity contribution in [2.24, 2.45) is 0 Å². The largest absolute Gasteiger partial charge is 0.505 e. The lowest BCUT2D eigenvalue weighted by Crippen LogP contribution is -2.29. The molecule has 0 spiro atoms. The highest BCUT2D eigenvalue weighted by Crippen LogP contribution is 2.44. The zero-order valence-corrected chi connectivity index (χ0v) is 20.7. The van der Waals surface area contributed by atoms with Gasteiger partial charge in [-0.25, -0.2) is 9.97 Å². The van der Waals surface area contributed by atoms with E-state index in [4.69, 9.17) is 0 Å². The number of carbonyl (C=O) groups excluding carboxylic acids is 2. The van der Waals surface area contributed by atoms with Gasteiger partial charge in [-0.2, -0.15) is 0 Å². The van der Waals surface area contributed by atoms with Crippen LogP contribution in [0.15, 0.2) is 72.4 Å². The van der Waals surface area contributed by atoms with Crippen molar-refractivity contribution >= 4 is 49.8 Å². The number of imidazole rings is 1. The van der Waals surface area contributed by atoms with Crippen molar-refractivity contribution in [1.29, 1.82) is 0 Å². The summed E-state index contributed by atoms with van der Waals surface area (Å²) >= 11 is 1.35. The standard InChI is InChI=1S/C28H22N4O3S/c1-15-7-10-18(11-8-15)24-22(25(33)23-17(3)29-21-6-4-5-13-31(21)23)26(34)27(35)32(24)28-30-19-12-9-16(2)14-20(19)36-28/h4-14,24,33H,1-3H3. The molecule has 0 radical (unpaired) electrons. The summed E-state index contributed by atoms with van der Waals surface area (Å²) in [7, 11) is 0. The number of rotatable bonds is 3. The van der Waals surface area contributed by atoms with Crippen LogP contribution in [0.3, 0.4) is 0 Å². The van der Waals surface area contributed by atoms with Gasteiger partial charge in [-0.1, -0.05) is 53.3 Å². The molecule has 0 bridgehead atoms. The molecule has 1 atom stereocenters. The molecule has 7 nitrogen and oxygen atoms in total. The summed E-state index contributed by atoms with van der Waals surface area (Å²) in [6, 6.07) is 18.2. The fraction of sp³-hybridized carbons (Fsp3) is 0.143. The molecule has 1 saturated heterocycles. The Morgan fingerprint density at radius 2 is 1.69 bits per heavy atom. The molecule has 0 aliphatic carbocycles. The average Bonchev–Trinajstić information content (AvgIpc) is 3.50. The monoisotopic (exact) mass is 494 g/mol. The van der Waals surface area contributed by atoms with Crippen molar-refractivity contribution < 1.29 is 14.7 Å². The highest BCUT2D eigenvalue weighted by Gasteiger charge is 2.48. The summed E-state index contributed by atoms with van der Waals surface area (Å²) in [6.07, 6.45) is 1.78. The average molecular weight is 495 g/mol. The zero-order chi connectivity index (χ0) is 25.1. The molecule has 36 heavy (non-hydrogen) atoms.